The quantitative estimate of drug-likeness (QED) is 0.694. The van der Waals surface area contributed by atoms with Gasteiger partial charge in [0.05, 0.1) is 0 Å². The third-order valence-corrected chi connectivity index (χ3v) is 1.37. The maximum absolute atomic E-state index is 10.5. The molecule has 0 aliphatic heterocycles. The van der Waals surface area contributed by atoms with Gasteiger partial charge in [-0.15, -0.1) is 0 Å². The van der Waals surface area contributed by atoms with Crippen molar-refractivity contribution >= 4 is 34.5 Å². The van der Waals surface area contributed by atoms with Gasteiger partial charge in [0.2, 0.25) is 0 Å². The van der Waals surface area contributed by atoms with Crippen molar-refractivity contribution in [3.8, 4) is 0 Å². The van der Waals surface area contributed by atoms with Crippen LogP contribution in [-0.2, 0) is 13.9 Å². The molecular formula is C3H6Cl2NO3P. The molecule has 1 atom stereocenters. The zero-order valence-electron chi connectivity index (χ0n) is 5.08. The number of rotatable bonds is 2. The zero-order chi connectivity index (χ0) is 8.36. The van der Waals surface area contributed by atoms with E-state index in [0.29, 0.717) is 0 Å². The van der Waals surface area contributed by atoms with Gasteiger partial charge in [0.15, 0.2) is 0 Å². The van der Waals surface area contributed by atoms with Crippen LogP contribution < -0.4 is 5.73 Å². The molecule has 0 unspecified atom stereocenters. The van der Waals surface area contributed by atoms with Crippen LogP contribution in [0.2, 0.25) is 0 Å². The molecule has 0 rings (SSSR count). The molecule has 10 heavy (non-hydrogen) atoms. The van der Waals surface area contributed by atoms with Crippen LogP contribution in [0, 0.1) is 0 Å². The number of hydrogen-bond acceptors (Lipinski definition) is 4. The van der Waals surface area contributed by atoms with E-state index in [2.05, 4.69) is 4.52 Å². The Morgan fingerprint density at radius 2 is 2.10 bits per heavy atom. The van der Waals surface area contributed by atoms with Gasteiger partial charge in [-0.2, -0.15) is 0 Å². The summed E-state index contributed by atoms with van der Waals surface area (Å²) in [5, 5.41) is 0. The van der Waals surface area contributed by atoms with Crippen molar-refractivity contribution in [2.24, 2.45) is 5.73 Å². The maximum atomic E-state index is 10.5. The Kier molecular flexibility index (Phi) is 3.66. The number of nitrogens with two attached hydrogens (primary N) is 1. The summed E-state index contributed by atoms with van der Waals surface area (Å²) in [5.74, 6) is -0.881. The van der Waals surface area contributed by atoms with Crippen molar-refractivity contribution in [2.75, 3.05) is 0 Å². The van der Waals surface area contributed by atoms with Gasteiger partial charge < -0.3 is 10.3 Å². The van der Waals surface area contributed by atoms with Gasteiger partial charge in [0, 0.05) is 22.5 Å². The second-order valence-electron chi connectivity index (χ2n) is 1.61. The number of hydrogen-bond donors (Lipinski definition) is 1. The van der Waals surface area contributed by atoms with Gasteiger partial charge >= 0.3 is 12.0 Å². The summed E-state index contributed by atoms with van der Waals surface area (Å²) in [7, 11) is 0. The molecule has 0 saturated heterocycles. The average molecular weight is 206 g/mol. The molecule has 0 amide bonds. The van der Waals surface area contributed by atoms with Gasteiger partial charge in [0.1, 0.15) is 6.04 Å². The predicted molar refractivity (Wildman–Crippen MR) is 39.1 cm³/mol. The smallest absolute Gasteiger partial charge is 0.388 e. The van der Waals surface area contributed by atoms with Crippen LogP contribution in [0.3, 0.4) is 0 Å². The normalized spacial score (nSPS) is 14.4. The topological polar surface area (TPSA) is 69.4 Å². The van der Waals surface area contributed by atoms with Crippen molar-refractivity contribution in [1.82, 2.24) is 0 Å². The first-order chi connectivity index (χ1) is 4.33. The van der Waals surface area contributed by atoms with Crippen molar-refractivity contribution < 1.29 is 13.9 Å². The molecule has 0 radical (unpaired) electrons. The van der Waals surface area contributed by atoms with E-state index in [0.717, 1.165) is 0 Å². The van der Waals surface area contributed by atoms with Crippen LogP contribution in [0.25, 0.3) is 0 Å². The summed E-state index contributed by atoms with van der Waals surface area (Å²) in [5.41, 5.74) is 5.03. The highest BCUT2D eigenvalue weighted by molar-refractivity contribution is 8.05. The molecule has 0 spiro atoms. The van der Waals surface area contributed by atoms with E-state index in [4.69, 9.17) is 28.2 Å². The van der Waals surface area contributed by atoms with E-state index in [1.807, 2.05) is 0 Å². The molecule has 2 N–H and O–H groups in total. The summed E-state index contributed by atoms with van der Waals surface area (Å²) < 4.78 is 14.4. The van der Waals surface area contributed by atoms with Crippen LogP contribution >= 0.6 is 28.6 Å². The minimum absolute atomic E-state index is 0.870. The summed E-state index contributed by atoms with van der Waals surface area (Å²) in [6.07, 6.45) is -3.76. The van der Waals surface area contributed by atoms with Gasteiger partial charge in [-0.3, -0.25) is 4.79 Å². The summed E-state index contributed by atoms with van der Waals surface area (Å²) in [6, 6.07) is -0.870. The monoisotopic (exact) mass is 205 g/mol. The lowest BCUT2D eigenvalue weighted by Gasteiger charge is -2.05. The van der Waals surface area contributed by atoms with E-state index in [1.54, 1.807) is 0 Å². The minimum Gasteiger partial charge on any atom is -0.388 e. The second-order valence-corrected chi connectivity index (χ2v) is 5.81. The van der Waals surface area contributed by atoms with Crippen molar-refractivity contribution in [2.45, 2.75) is 13.0 Å². The lowest BCUT2D eigenvalue weighted by molar-refractivity contribution is -0.134. The van der Waals surface area contributed by atoms with Crippen LogP contribution in [0.1, 0.15) is 6.92 Å². The van der Waals surface area contributed by atoms with E-state index >= 15 is 0 Å². The Morgan fingerprint density at radius 3 is 2.20 bits per heavy atom. The Hall–Kier alpha value is 0.240. The molecule has 0 aliphatic rings. The van der Waals surface area contributed by atoms with Crippen molar-refractivity contribution in [1.29, 1.82) is 0 Å². The lowest BCUT2D eigenvalue weighted by Crippen LogP contribution is -2.27. The van der Waals surface area contributed by atoms with E-state index in [1.165, 1.54) is 6.92 Å². The molecule has 0 fully saturated rings. The van der Waals surface area contributed by atoms with Gasteiger partial charge in [-0.1, -0.05) is 0 Å². The molecular weight excluding hydrogens is 200 g/mol. The lowest BCUT2D eigenvalue weighted by atomic mass is 10.4. The molecule has 0 bridgehead atoms. The summed E-state index contributed by atoms with van der Waals surface area (Å²) in [6.45, 7) is 1.37. The first kappa shape index (κ1) is 10.2. The summed E-state index contributed by atoms with van der Waals surface area (Å²) >= 11 is 9.79. The molecule has 0 saturated carbocycles. The Balaban J connectivity index is 3.94. The zero-order valence-corrected chi connectivity index (χ0v) is 7.49. The van der Waals surface area contributed by atoms with E-state index in [-0.39, 0.29) is 0 Å². The SMILES string of the molecule is C[C@H](N)C(=O)OP(=O)(Cl)Cl. The van der Waals surface area contributed by atoms with Gasteiger partial charge in [-0.05, 0) is 6.92 Å². The largest absolute Gasteiger partial charge is 0.430 e. The molecule has 0 aromatic carbocycles. The minimum atomic E-state index is -3.76. The highest BCUT2D eigenvalue weighted by Gasteiger charge is 2.22. The fourth-order valence-electron chi connectivity index (χ4n) is 0.188. The highest BCUT2D eigenvalue weighted by Crippen LogP contribution is 2.57. The standard InChI is InChI=1S/C3H6Cl2NO3P/c1-2(6)3(7)9-10(4,5)8/h2H,6H2,1H3/t2-/m0/s1. The first-order valence-corrected chi connectivity index (χ1v) is 5.75. The molecule has 60 valence electrons. The average Bonchev–Trinajstić information content (AvgIpc) is 1.60. The third-order valence-electron chi connectivity index (χ3n) is 0.568. The number of carbonyl (C=O) groups excluding carboxylic acids is 1. The first-order valence-electron chi connectivity index (χ1n) is 2.31. The van der Waals surface area contributed by atoms with E-state index in [9.17, 15) is 9.36 Å². The predicted octanol–water partition coefficient (Wildman–Crippen LogP) is 1.46. The van der Waals surface area contributed by atoms with Crippen molar-refractivity contribution in [3.05, 3.63) is 0 Å². The van der Waals surface area contributed by atoms with Crippen LogP contribution in [0.4, 0.5) is 0 Å². The van der Waals surface area contributed by atoms with Gasteiger partial charge in [-0.25, -0.2) is 4.57 Å². The summed E-state index contributed by atoms with van der Waals surface area (Å²) in [4.78, 5) is 10.5. The fraction of sp³-hybridized carbons (Fsp3) is 0.667. The number of halogens is 2. The molecule has 4 nitrogen and oxygen atoms in total. The van der Waals surface area contributed by atoms with E-state index < -0.39 is 18.1 Å². The highest BCUT2D eigenvalue weighted by atomic mass is 35.9. The third kappa shape index (κ3) is 5.06. The molecule has 7 heteroatoms. The van der Waals surface area contributed by atoms with Crippen LogP contribution in [0.5, 0.6) is 0 Å². The van der Waals surface area contributed by atoms with Crippen LogP contribution in [-0.4, -0.2) is 12.0 Å². The molecule has 0 aromatic heterocycles. The Bertz CT molecular complexity index is 177. The van der Waals surface area contributed by atoms with Crippen LogP contribution in [0.15, 0.2) is 0 Å². The van der Waals surface area contributed by atoms with Gasteiger partial charge in [0.25, 0.3) is 0 Å². The molecule has 0 aromatic rings. The van der Waals surface area contributed by atoms with Crippen molar-refractivity contribution in [3.63, 3.8) is 0 Å². The number of carbonyl (C=O) groups is 1. The maximum Gasteiger partial charge on any atom is 0.430 e. The second kappa shape index (κ2) is 3.58. The Morgan fingerprint density at radius 1 is 1.70 bits per heavy atom. The fourth-order valence-corrected chi connectivity index (χ4v) is 0.972. The molecule has 0 heterocycles. The Labute approximate surface area is 67.7 Å². The molecule has 0 aliphatic carbocycles.